The van der Waals surface area contributed by atoms with E-state index >= 15 is 0 Å². The molecule has 0 spiro atoms. The van der Waals surface area contributed by atoms with Crippen LogP contribution in [0.15, 0.2) is 94.9 Å². The molecule has 0 atom stereocenters. The zero-order valence-corrected chi connectivity index (χ0v) is 21.6. The smallest absolute Gasteiger partial charge is 0.337 e. The largest absolute Gasteiger partial charge is 0.497 e. The zero-order chi connectivity index (χ0) is 25.9. The number of nitrogens with zero attached hydrogens (tertiary/aromatic N) is 1. The van der Waals surface area contributed by atoms with Crippen molar-refractivity contribution in [3.8, 4) is 5.75 Å². The van der Waals surface area contributed by atoms with Gasteiger partial charge >= 0.3 is 5.97 Å². The average Bonchev–Trinajstić information content (AvgIpc) is 2.90. The summed E-state index contributed by atoms with van der Waals surface area (Å²) in [5, 5.41) is 0. The van der Waals surface area contributed by atoms with Crippen LogP contribution >= 0.6 is 0 Å². The molecule has 0 aliphatic carbocycles. The summed E-state index contributed by atoms with van der Waals surface area (Å²) in [5.74, 6) is 0.313. The molecule has 0 bridgehead atoms. The van der Waals surface area contributed by atoms with E-state index < -0.39 is 16.0 Å². The van der Waals surface area contributed by atoms with Gasteiger partial charge in [0.2, 0.25) is 10.0 Å². The summed E-state index contributed by atoms with van der Waals surface area (Å²) in [5.41, 5.74) is 6.03. The molecule has 3 aromatic carbocycles. The molecule has 0 unspecified atom stereocenters. The Kier molecular flexibility index (Phi) is 7.43. The summed E-state index contributed by atoms with van der Waals surface area (Å²) >= 11 is 0. The van der Waals surface area contributed by atoms with Crippen LogP contribution in [0.3, 0.4) is 0 Å². The SMILES string of the molecule is COC(=O)c1ccc(/C(=C2/CN(S(=O)(=O)c3ccc(C)cc3)CC=C2C)c2ccc(OC)cc2)cc1. The molecule has 1 aliphatic heterocycles. The van der Waals surface area contributed by atoms with E-state index in [0.717, 1.165) is 39.2 Å². The second-order valence-electron chi connectivity index (χ2n) is 8.65. The molecule has 36 heavy (non-hydrogen) atoms. The fourth-order valence-corrected chi connectivity index (χ4v) is 5.56. The van der Waals surface area contributed by atoms with E-state index in [1.165, 1.54) is 11.4 Å². The maximum absolute atomic E-state index is 13.5. The van der Waals surface area contributed by atoms with Crippen molar-refractivity contribution in [3.05, 3.63) is 112 Å². The summed E-state index contributed by atoms with van der Waals surface area (Å²) in [6, 6.07) is 21.7. The van der Waals surface area contributed by atoms with Gasteiger partial charge in [-0.2, -0.15) is 4.31 Å². The van der Waals surface area contributed by atoms with Crippen molar-refractivity contribution in [2.45, 2.75) is 18.7 Å². The van der Waals surface area contributed by atoms with Gasteiger partial charge in [-0.25, -0.2) is 13.2 Å². The van der Waals surface area contributed by atoms with Crippen LogP contribution in [0.5, 0.6) is 5.75 Å². The third kappa shape index (κ3) is 5.12. The lowest BCUT2D eigenvalue weighted by molar-refractivity contribution is 0.0600. The van der Waals surface area contributed by atoms with Gasteiger partial charge in [-0.05, 0) is 78.1 Å². The highest BCUT2D eigenvalue weighted by Gasteiger charge is 2.29. The minimum atomic E-state index is -3.69. The number of rotatable bonds is 6. The molecule has 0 N–H and O–H groups in total. The summed E-state index contributed by atoms with van der Waals surface area (Å²) in [6.45, 7) is 4.44. The molecule has 1 heterocycles. The van der Waals surface area contributed by atoms with E-state index in [-0.39, 0.29) is 11.4 Å². The van der Waals surface area contributed by atoms with Gasteiger partial charge in [-0.1, -0.05) is 48.0 Å². The van der Waals surface area contributed by atoms with Gasteiger partial charge in [0.15, 0.2) is 0 Å². The Labute approximate surface area is 212 Å². The van der Waals surface area contributed by atoms with Crippen LogP contribution in [-0.4, -0.2) is 46.0 Å². The number of hydrogen-bond donors (Lipinski definition) is 0. The average molecular weight is 504 g/mol. The monoisotopic (exact) mass is 503 g/mol. The molecular formula is C29H29NO5S. The van der Waals surface area contributed by atoms with Crippen LogP contribution in [0.4, 0.5) is 0 Å². The second kappa shape index (κ2) is 10.5. The molecule has 0 radical (unpaired) electrons. The lowest BCUT2D eigenvalue weighted by Crippen LogP contribution is -2.36. The number of methoxy groups -OCH3 is 2. The highest BCUT2D eigenvalue weighted by molar-refractivity contribution is 7.89. The Balaban J connectivity index is 1.84. The first-order valence-corrected chi connectivity index (χ1v) is 13.0. The standard InChI is InChI=1S/C29H29NO5S/c1-20-5-15-26(16-6-20)36(32,33)30-18-17-21(2)27(19-30)28(23-11-13-25(34-3)14-12-23)22-7-9-24(10-8-22)29(31)35-4/h5-17H,18-19H2,1-4H3/b28-27+. The van der Waals surface area contributed by atoms with Crippen molar-refractivity contribution in [1.29, 1.82) is 0 Å². The van der Waals surface area contributed by atoms with Crippen molar-refractivity contribution < 1.29 is 22.7 Å². The van der Waals surface area contributed by atoms with Gasteiger partial charge < -0.3 is 9.47 Å². The fraction of sp³-hybridized carbons (Fsp3) is 0.207. The molecular weight excluding hydrogens is 474 g/mol. The molecule has 3 aromatic rings. The number of benzene rings is 3. The summed E-state index contributed by atoms with van der Waals surface area (Å²) in [7, 11) is -0.731. The summed E-state index contributed by atoms with van der Waals surface area (Å²) < 4.78 is 38.6. The van der Waals surface area contributed by atoms with E-state index in [9.17, 15) is 13.2 Å². The highest BCUT2D eigenvalue weighted by Crippen LogP contribution is 2.35. The van der Waals surface area contributed by atoms with E-state index in [2.05, 4.69) is 0 Å². The Bertz CT molecular complexity index is 1420. The molecule has 1 aliphatic rings. The lowest BCUT2D eigenvalue weighted by Gasteiger charge is -2.29. The molecule has 6 nitrogen and oxygen atoms in total. The minimum absolute atomic E-state index is 0.221. The lowest BCUT2D eigenvalue weighted by atomic mass is 9.88. The molecule has 4 rings (SSSR count). The molecule has 7 heteroatoms. The molecule has 0 amide bonds. The summed E-state index contributed by atoms with van der Waals surface area (Å²) in [6.07, 6.45) is 1.94. The number of aryl methyl sites for hydroxylation is 1. The minimum Gasteiger partial charge on any atom is -0.497 e. The maximum atomic E-state index is 13.5. The molecule has 0 aromatic heterocycles. The van der Waals surface area contributed by atoms with Crippen molar-refractivity contribution in [2.24, 2.45) is 0 Å². The molecule has 0 saturated heterocycles. The third-order valence-corrected chi connectivity index (χ3v) is 8.17. The van der Waals surface area contributed by atoms with Crippen LogP contribution in [0.25, 0.3) is 5.57 Å². The predicted octanol–water partition coefficient (Wildman–Crippen LogP) is 5.24. The van der Waals surface area contributed by atoms with Gasteiger partial charge in [-0.15, -0.1) is 0 Å². The van der Waals surface area contributed by atoms with Gasteiger partial charge in [0.05, 0.1) is 24.7 Å². The third-order valence-electron chi connectivity index (χ3n) is 6.35. The Morgan fingerprint density at radius 2 is 1.36 bits per heavy atom. The van der Waals surface area contributed by atoms with Gasteiger partial charge in [0.25, 0.3) is 0 Å². The van der Waals surface area contributed by atoms with Crippen LogP contribution in [0.1, 0.15) is 34.0 Å². The zero-order valence-electron chi connectivity index (χ0n) is 20.8. The van der Waals surface area contributed by atoms with Crippen LogP contribution in [-0.2, 0) is 14.8 Å². The van der Waals surface area contributed by atoms with Crippen molar-refractivity contribution in [3.63, 3.8) is 0 Å². The topological polar surface area (TPSA) is 72.9 Å². The van der Waals surface area contributed by atoms with Crippen molar-refractivity contribution in [1.82, 2.24) is 4.31 Å². The number of carbonyl (C=O) groups excluding carboxylic acids is 1. The predicted molar refractivity (Wildman–Crippen MR) is 140 cm³/mol. The highest BCUT2D eigenvalue weighted by atomic mass is 32.2. The molecule has 0 saturated carbocycles. The number of ether oxygens (including phenoxy) is 2. The van der Waals surface area contributed by atoms with E-state index in [4.69, 9.17) is 9.47 Å². The molecule has 0 fully saturated rings. The first kappa shape index (κ1) is 25.4. The first-order valence-electron chi connectivity index (χ1n) is 11.5. The number of esters is 1. The Morgan fingerprint density at radius 3 is 1.92 bits per heavy atom. The second-order valence-corrected chi connectivity index (χ2v) is 10.6. The normalized spacial score (nSPS) is 15.7. The number of sulfonamides is 1. The number of hydrogen-bond acceptors (Lipinski definition) is 5. The van der Waals surface area contributed by atoms with Gasteiger partial charge in [0.1, 0.15) is 5.75 Å². The first-order chi connectivity index (χ1) is 17.2. The van der Waals surface area contributed by atoms with Gasteiger partial charge in [0, 0.05) is 13.1 Å². The maximum Gasteiger partial charge on any atom is 0.337 e. The van der Waals surface area contributed by atoms with Crippen molar-refractivity contribution >= 4 is 21.6 Å². The Morgan fingerprint density at radius 1 is 0.806 bits per heavy atom. The van der Waals surface area contributed by atoms with Crippen LogP contribution < -0.4 is 4.74 Å². The quantitative estimate of drug-likeness (QED) is 0.430. The fourth-order valence-electron chi connectivity index (χ4n) is 4.21. The molecule has 186 valence electrons. The van der Waals surface area contributed by atoms with Gasteiger partial charge in [-0.3, -0.25) is 0 Å². The van der Waals surface area contributed by atoms with Crippen LogP contribution in [0.2, 0.25) is 0 Å². The number of carbonyl (C=O) groups is 1. The van der Waals surface area contributed by atoms with Crippen LogP contribution in [0, 0.1) is 6.92 Å². The van der Waals surface area contributed by atoms with E-state index in [0.29, 0.717) is 12.1 Å². The Hall–Kier alpha value is -3.68. The summed E-state index contributed by atoms with van der Waals surface area (Å²) in [4.78, 5) is 12.2. The van der Waals surface area contributed by atoms with E-state index in [1.807, 2.05) is 56.3 Å². The van der Waals surface area contributed by atoms with E-state index in [1.54, 1.807) is 43.5 Å². The van der Waals surface area contributed by atoms with Crippen molar-refractivity contribution in [2.75, 3.05) is 27.3 Å².